The zero-order chi connectivity index (χ0) is 11.2. The van der Waals surface area contributed by atoms with Gasteiger partial charge < -0.3 is 10.2 Å². The number of allylic oxidation sites excluding steroid dienone is 1. The highest BCUT2D eigenvalue weighted by atomic mass is 15.1. The van der Waals surface area contributed by atoms with Crippen molar-refractivity contribution in [2.45, 2.75) is 57.0 Å². The van der Waals surface area contributed by atoms with Gasteiger partial charge in [0.15, 0.2) is 0 Å². The van der Waals surface area contributed by atoms with Crippen molar-refractivity contribution in [3.05, 3.63) is 12.2 Å². The van der Waals surface area contributed by atoms with E-state index in [0.717, 1.165) is 12.1 Å². The number of likely N-dealkylation sites (tertiary alicyclic amines) is 1. The van der Waals surface area contributed by atoms with Crippen LogP contribution in [0.5, 0.6) is 0 Å². The van der Waals surface area contributed by atoms with Gasteiger partial charge in [0.2, 0.25) is 0 Å². The topological polar surface area (TPSA) is 15.3 Å². The Morgan fingerprint density at radius 2 is 2.19 bits per heavy atom. The molecule has 1 heterocycles. The van der Waals surface area contributed by atoms with Crippen LogP contribution in [0.2, 0.25) is 0 Å². The van der Waals surface area contributed by atoms with Crippen molar-refractivity contribution in [2.75, 3.05) is 20.1 Å². The van der Waals surface area contributed by atoms with Crippen LogP contribution in [0.15, 0.2) is 12.2 Å². The van der Waals surface area contributed by atoms with E-state index < -0.39 is 0 Å². The van der Waals surface area contributed by atoms with Crippen LogP contribution < -0.4 is 5.32 Å². The van der Waals surface area contributed by atoms with Gasteiger partial charge in [0, 0.05) is 12.1 Å². The molecule has 0 bridgehead atoms. The van der Waals surface area contributed by atoms with Crippen LogP contribution in [-0.4, -0.2) is 37.1 Å². The quantitative estimate of drug-likeness (QED) is 0.735. The monoisotopic (exact) mass is 222 g/mol. The highest BCUT2D eigenvalue weighted by Crippen LogP contribution is 2.17. The molecule has 0 spiro atoms. The number of piperidine rings is 1. The number of hydrogen-bond donors (Lipinski definition) is 1. The predicted octanol–water partition coefficient (Wildman–Crippen LogP) is 2.56. The number of nitrogens with zero attached hydrogens (tertiary/aromatic N) is 1. The first kappa shape index (κ1) is 12.1. The first-order valence-electron chi connectivity index (χ1n) is 6.95. The summed E-state index contributed by atoms with van der Waals surface area (Å²) < 4.78 is 0. The second kappa shape index (κ2) is 6.41. The lowest BCUT2D eigenvalue weighted by atomic mass is 9.99. The van der Waals surface area contributed by atoms with Gasteiger partial charge >= 0.3 is 0 Å². The molecule has 1 fully saturated rings. The Morgan fingerprint density at radius 1 is 1.25 bits per heavy atom. The Labute approximate surface area is 100 Å². The molecule has 0 amide bonds. The molecule has 2 unspecified atom stereocenters. The average molecular weight is 222 g/mol. The molecule has 0 aromatic rings. The van der Waals surface area contributed by atoms with E-state index in [2.05, 4.69) is 29.4 Å². The van der Waals surface area contributed by atoms with E-state index in [1.54, 1.807) is 0 Å². The fourth-order valence-electron chi connectivity index (χ4n) is 2.94. The van der Waals surface area contributed by atoms with Gasteiger partial charge in [0.1, 0.15) is 0 Å². The summed E-state index contributed by atoms with van der Waals surface area (Å²) in [5, 5.41) is 3.71. The summed E-state index contributed by atoms with van der Waals surface area (Å²) >= 11 is 0. The zero-order valence-corrected chi connectivity index (χ0v) is 10.6. The molecular weight excluding hydrogens is 196 g/mol. The Kier molecular flexibility index (Phi) is 4.86. The van der Waals surface area contributed by atoms with Crippen molar-refractivity contribution < 1.29 is 0 Å². The zero-order valence-electron chi connectivity index (χ0n) is 10.6. The van der Waals surface area contributed by atoms with Gasteiger partial charge in [-0.2, -0.15) is 0 Å². The smallest absolute Gasteiger partial charge is 0.0104 e. The highest BCUT2D eigenvalue weighted by Gasteiger charge is 2.18. The SMILES string of the molecule is CN1CCCCC1CCNC1CC=CCC1. The van der Waals surface area contributed by atoms with E-state index >= 15 is 0 Å². The first-order chi connectivity index (χ1) is 7.86. The van der Waals surface area contributed by atoms with Crippen LogP contribution in [0.1, 0.15) is 44.9 Å². The molecule has 92 valence electrons. The lowest BCUT2D eigenvalue weighted by Crippen LogP contribution is -2.40. The summed E-state index contributed by atoms with van der Waals surface area (Å²) in [5.41, 5.74) is 0. The molecule has 0 aromatic carbocycles. The molecule has 2 rings (SSSR count). The summed E-state index contributed by atoms with van der Waals surface area (Å²) in [6.07, 6.45) is 14.0. The van der Waals surface area contributed by atoms with Crippen molar-refractivity contribution in [3.63, 3.8) is 0 Å². The van der Waals surface area contributed by atoms with Crippen molar-refractivity contribution >= 4 is 0 Å². The van der Waals surface area contributed by atoms with E-state index in [1.807, 2.05) is 0 Å². The fraction of sp³-hybridized carbons (Fsp3) is 0.857. The van der Waals surface area contributed by atoms with E-state index in [1.165, 1.54) is 58.0 Å². The summed E-state index contributed by atoms with van der Waals surface area (Å²) in [7, 11) is 2.28. The molecule has 16 heavy (non-hydrogen) atoms. The van der Waals surface area contributed by atoms with Crippen LogP contribution >= 0.6 is 0 Å². The van der Waals surface area contributed by atoms with Gasteiger partial charge in [-0.25, -0.2) is 0 Å². The highest BCUT2D eigenvalue weighted by molar-refractivity contribution is 4.93. The standard InChI is InChI=1S/C14H26N2/c1-16-12-6-5-9-14(16)10-11-15-13-7-3-2-4-8-13/h2-3,13-15H,4-12H2,1H3. The maximum Gasteiger partial charge on any atom is 0.0104 e. The van der Waals surface area contributed by atoms with E-state index in [0.29, 0.717) is 0 Å². The minimum atomic E-state index is 0.749. The van der Waals surface area contributed by atoms with Gasteiger partial charge in [-0.05, 0) is 58.7 Å². The van der Waals surface area contributed by atoms with E-state index in [-0.39, 0.29) is 0 Å². The molecular formula is C14H26N2. The predicted molar refractivity (Wildman–Crippen MR) is 69.7 cm³/mol. The molecule has 2 aliphatic rings. The van der Waals surface area contributed by atoms with Crippen molar-refractivity contribution in [3.8, 4) is 0 Å². The minimum Gasteiger partial charge on any atom is -0.314 e. The van der Waals surface area contributed by atoms with E-state index in [4.69, 9.17) is 0 Å². The van der Waals surface area contributed by atoms with Crippen molar-refractivity contribution in [2.24, 2.45) is 0 Å². The van der Waals surface area contributed by atoms with Crippen LogP contribution in [0.3, 0.4) is 0 Å². The molecule has 2 nitrogen and oxygen atoms in total. The van der Waals surface area contributed by atoms with E-state index in [9.17, 15) is 0 Å². The maximum absolute atomic E-state index is 3.71. The molecule has 0 saturated carbocycles. The van der Waals surface area contributed by atoms with Gasteiger partial charge in [0.25, 0.3) is 0 Å². The third kappa shape index (κ3) is 3.60. The van der Waals surface area contributed by atoms with Gasteiger partial charge in [-0.1, -0.05) is 18.6 Å². The third-order valence-corrected chi connectivity index (χ3v) is 4.10. The first-order valence-corrected chi connectivity index (χ1v) is 6.95. The Balaban J connectivity index is 1.61. The van der Waals surface area contributed by atoms with Crippen molar-refractivity contribution in [1.82, 2.24) is 10.2 Å². The van der Waals surface area contributed by atoms with Crippen LogP contribution in [-0.2, 0) is 0 Å². The second-order valence-electron chi connectivity index (χ2n) is 5.35. The van der Waals surface area contributed by atoms with Gasteiger partial charge in [0.05, 0.1) is 0 Å². The second-order valence-corrected chi connectivity index (χ2v) is 5.35. The molecule has 1 saturated heterocycles. The Hall–Kier alpha value is -0.340. The summed E-state index contributed by atoms with van der Waals surface area (Å²) in [6.45, 7) is 2.50. The Morgan fingerprint density at radius 3 is 2.94 bits per heavy atom. The minimum absolute atomic E-state index is 0.749. The fourth-order valence-corrected chi connectivity index (χ4v) is 2.94. The molecule has 1 aliphatic carbocycles. The van der Waals surface area contributed by atoms with Crippen molar-refractivity contribution in [1.29, 1.82) is 0 Å². The van der Waals surface area contributed by atoms with Crippen LogP contribution in [0.4, 0.5) is 0 Å². The number of rotatable bonds is 4. The van der Waals surface area contributed by atoms with Crippen LogP contribution in [0.25, 0.3) is 0 Å². The van der Waals surface area contributed by atoms with Gasteiger partial charge in [-0.15, -0.1) is 0 Å². The summed E-state index contributed by atoms with van der Waals surface area (Å²) in [4.78, 5) is 2.55. The molecule has 2 heteroatoms. The summed E-state index contributed by atoms with van der Waals surface area (Å²) in [5.74, 6) is 0. The average Bonchev–Trinajstić information content (AvgIpc) is 2.33. The summed E-state index contributed by atoms with van der Waals surface area (Å²) in [6, 6.07) is 1.58. The molecule has 0 aromatic heterocycles. The molecule has 2 atom stereocenters. The molecule has 1 N–H and O–H groups in total. The third-order valence-electron chi connectivity index (χ3n) is 4.10. The normalized spacial score (nSPS) is 31.8. The number of nitrogens with one attached hydrogen (secondary N) is 1. The molecule has 0 radical (unpaired) electrons. The van der Waals surface area contributed by atoms with Crippen LogP contribution in [0, 0.1) is 0 Å². The lowest BCUT2D eigenvalue weighted by Gasteiger charge is -2.33. The molecule has 1 aliphatic heterocycles. The Bertz CT molecular complexity index is 225. The maximum atomic E-state index is 3.71. The number of hydrogen-bond acceptors (Lipinski definition) is 2. The largest absolute Gasteiger partial charge is 0.314 e. The van der Waals surface area contributed by atoms with Gasteiger partial charge in [-0.3, -0.25) is 0 Å². The lowest BCUT2D eigenvalue weighted by molar-refractivity contribution is 0.174.